The molecule has 21 heavy (non-hydrogen) atoms. The van der Waals surface area contributed by atoms with Crippen molar-refractivity contribution < 1.29 is 14.3 Å². The van der Waals surface area contributed by atoms with Crippen molar-refractivity contribution in [1.29, 1.82) is 0 Å². The molecule has 2 aromatic rings. The van der Waals surface area contributed by atoms with Crippen molar-refractivity contribution in [2.45, 2.75) is 26.2 Å². The number of nitrogens with one attached hydrogen (secondary N) is 1. The predicted molar refractivity (Wildman–Crippen MR) is 84.1 cm³/mol. The van der Waals surface area contributed by atoms with Crippen LogP contribution in [0.15, 0.2) is 17.5 Å². The number of thiophene rings is 1. The SMILES string of the molecule is COC(=O)CCCc1csc(NC(=O)c2ccc(C)s2)n1. The zero-order valence-corrected chi connectivity index (χ0v) is 13.5. The molecule has 0 aliphatic heterocycles. The second kappa shape index (κ2) is 7.33. The third kappa shape index (κ3) is 4.64. The van der Waals surface area contributed by atoms with Gasteiger partial charge in [-0.1, -0.05) is 0 Å². The number of ether oxygens (including phenoxy) is 1. The molecule has 2 heterocycles. The number of hydrogen-bond donors (Lipinski definition) is 1. The van der Waals surface area contributed by atoms with E-state index in [2.05, 4.69) is 15.0 Å². The second-order valence-corrected chi connectivity index (χ2v) is 6.58. The quantitative estimate of drug-likeness (QED) is 0.828. The molecule has 5 nitrogen and oxygen atoms in total. The summed E-state index contributed by atoms with van der Waals surface area (Å²) in [4.78, 5) is 29.1. The number of hydrogen-bond acceptors (Lipinski definition) is 6. The largest absolute Gasteiger partial charge is 0.469 e. The highest BCUT2D eigenvalue weighted by Gasteiger charge is 2.11. The minimum atomic E-state index is -0.216. The van der Waals surface area contributed by atoms with E-state index >= 15 is 0 Å². The maximum absolute atomic E-state index is 12.0. The highest BCUT2D eigenvalue weighted by atomic mass is 32.1. The summed E-state index contributed by atoms with van der Waals surface area (Å²) in [6.45, 7) is 1.96. The number of nitrogens with zero attached hydrogens (tertiary/aromatic N) is 1. The lowest BCUT2D eigenvalue weighted by Crippen LogP contribution is -2.09. The van der Waals surface area contributed by atoms with Crippen LogP contribution in [-0.4, -0.2) is 24.0 Å². The standard InChI is InChI=1S/C14H16N2O3S2/c1-9-6-7-11(21-9)13(18)16-14-15-10(8-20-14)4-3-5-12(17)19-2/h6-8H,3-5H2,1-2H3,(H,15,16,18). The van der Waals surface area contributed by atoms with Gasteiger partial charge in [0, 0.05) is 16.7 Å². The molecule has 0 aromatic carbocycles. The molecule has 0 fully saturated rings. The minimum absolute atomic E-state index is 0.136. The van der Waals surface area contributed by atoms with Gasteiger partial charge in [-0.25, -0.2) is 4.98 Å². The molecule has 0 aliphatic rings. The van der Waals surface area contributed by atoms with E-state index in [1.807, 2.05) is 18.4 Å². The normalized spacial score (nSPS) is 10.4. The zero-order valence-electron chi connectivity index (χ0n) is 11.8. The van der Waals surface area contributed by atoms with Gasteiger partial charge in [0.1, 0.15) is 0 Å². The van der Waals surface area contributed by atoms with Crippen molar-refractivity contribution in [2.75, 3.05) is 12.4 Å². The summed E-state index contributed by atoms with van der Waals surface area (Å²) >= 11 is 2.84. The highest BCUT2D eigenvalue weighted by Crippen LogP contribution is 2.20. The fourth-order valence-corrected chi connectivity index (χ4v) is 3.21. The van der Waals surface area contributed by atoms with Gasteiger partial charge in [-0.05, 0) is 31.9 Å². The molecule has 1 amide bonds. The Morgan fingerprint density at radius 1 is 1.38 bits per heavy atom. The van der Waals surface area contributed by atoms with E-state index < -0.39 is 0 Å². The molecule has 7 heteroatoms. The Morgan fingerprint density at radius 2 is 2.19 bits per heavy atom. The summed E-state index contributed by atoms with van der Waals surface area (Å²) in [6.07, 6.45) is 1.76. The van der Waals surface area contributed by atoms with E-state index in [4.69, 9.17) is 0 Å². The van der Waals surface area contributed by atoms with Crippen molar-refractivity contribution in [3.8, 4) is 0 Å². The number of amides is 1. The molecule has 0 spiro atoms. The van der Waals surface area contributed by atoms with Gasteiger partial charge in [-0.3, -0.25) is 14.9 Å². The lowest BCUT2D eigenvalue weighted by atomic mass is 10.2. The molecule has 0 saturated heterocycles. The van der Waals surface area contributed by atoms with Gasteiger partial charge in [0.15, 0.2) is 5.13 Å². The summed E-state index contributed by atoms with van der Waals surface area (Å²) in [7, 11) is 1.38. The first kappa shape index (κ1) is 15.7. The van der Waals surface area contributed by atoms with E-state index in [9.17, 15) is 9.59 Å². The number of esters is 1. The van der Waals surface area contributed by atoms with Crippen molar-refractivity contribution in [2.24, 2.45) is 0 Å². The van der Waals surface area contributed by atoms with Crippen LogP contribution < -0.4 is 5.32 Å². The van der Waals surface area contributed by atoms with Crippen LogP contribution in [-0.2, 0) is 16.0 Å². The first-order chi connectivity index (χ1) is 10.1. The number of methoxy groups -OCH3 is 1. The molecule has 0 radical (unpaired) electrons. The molecular formula is C14H16N2O3S2. The topological polar surface area (TPSA) is 68.3 Å². The Balaban J connectivity index is 1.85. The van der Waals surface area contributed by atoms with Crippen LogP contribution in [0.2, 0.25) is 0 Å². The predicted octanol–water partition coefficient (Wildman–Crippen LogP) is 3.26. The molecule has 0 bridgehead atoms. The molecular weight excluding hydrogens is 308 g/mol. The van der Waals surface area contributed by atoms with Gasteiger partial charge >= 0.3 is 5.97 Å². The smallest absolute Gasteiger partial charge is 0.305 e. The van der Waals surface area contributed by atoms with Gasteiger partial charge < -0.3 is 4.74 Å². The number of thiazole rings is 1. The molecule has 0 saturated carbocycles. The van der Waals surface area contributed by atoms with Crippen LogP contribution in [0.5, 0.6) is 0 Å². The Morgan fingerprint density at radius 3 is 2.86 bits per heavy atom. The third-order valence-electron chi connectivity index (χ3n) is 2.78. The van der Waals surface area contributed by atoms with E-state index in [0.717, 1.165) is 10.6 Å². The number of anilines is 1. The van der Waals surface area contributed by atoms with Crippen LogP contribution in [0.1, 0.15) is 33.1 Å². The van der Waals surface area contributed by atoms with Crippen molar-refractivity contribution in [1.82, 2.24) is 4.98 Å². The molecule has 1 N–H and O–H groups in total. The summed E-state index contributed by atoms with van der Waals surface area (Å²) < 4.78 is 4.58. The molecule has 2 aromatic heterocycles. The average molecular weight is 324 g/mol. The summed E-state index contributed by atoms with van der Waals surface area (Å²) in [5.41, 5.74) is 0.876. The van der Waals surface area contributed by atoms with Crippen molar-refractivity contribution in [3.63, 3.8) is 0 Å². The Bertz CT molecular complexity index is 634. The number of carbonyl (C=O) groups excluding carboxylic acids is 2. The van der Waals surface area contributed by atoms with Crippen LogP contribution in [0.25, 0.3) is 0 Å². The highest BCUT2D eigenvalue weighted by molar-refractivity contribution is 7.15. The van der Waals surface area contributed by atoms with Crippen molar-refractivity contribution >= 4 is 39.7 Å². The summed E-state index contributed by atoms with van der Waals surface area (Å²) in [5.74, 6) is -0.351. The van der Waals surface area contributed by atoms with Gasteiger partial charge in [-0.2, -0.15) is 0 Å². The lowest BCUT2D eigenvalue weighted by Gasteiger charge is -1.99. The van der Waals surface area contributed by atoms with E-state index in [1.54, 1.807) is 6.07 Å². The Kier molecular flexibility index (Phi) is 5.46. The lowest BCUT2D eigenvalue weighted by molar-refractivity contribution is -0.140. The van der Waals surface area contributed by atoms with Crippen LogP contribution >= 0.6 is 22.7 Å². The van der Waals surface area contributed by atoms with Crippen LogP contribution in [0.4, 0.5) is 5.13 Å². The first-order valence-electron chi connectivity index (χ1n) is 6.47. The first-order valence-corrected chi connectivity index (χ1v) is 8.17. The fourth-order valence-electron chi connectivity index (χ4n) is 1.71. The van der Waals surface area contributed by atoms with E-state index in [0.29, 0.717) is 29.3 Å². The summed E-state index contributed by atoms with van der Waals surface area (Å²) in [6, 6.07) is 3.72. The second-order valence-electron chi connectivity index (χ2n) is 4.44. The van der Waals surface area contributed by atoms with Gasteiger partial charge in [0.2, 0.25) is 0 Å². The van der Waals surface area contributed by atoms with Gasteiger partial charge in [0.05, 0.1) is 17.7 Å². The Labute approximate surface area is 131 Å². The number of carbonyl (C=O) groups is 2. The minimum Gasteiger partial charge on any atom is -0.469 e. The molecule has 0 aliphatic carbocycles. The summed E-state index contributed by atoms with van der Waals surface area (Å²) in [5, 5.41) is 5.27. The Hall–Kier alpha value is -1.73. The molecule has 112 valence electrons. The number of aryl methyl sites for hydroxylation is 2. The zero-order chi connectivity index (χ0) is 15.2. The monoisotopic (exact) mass is 324 g/mol. The van der Waals surface area contributed by atoms with Crippen LogP contribution in [0, 0.1) is 6.92 Å². The average Bonchev–Trinajstić information content (AvgIpc) is 3.08. The number of aromatic nitrogens is 1. The maximum Gasteiger partial charge on any atom is 0.305 e. The van der Waals surface area contributed by atoms with E-state index in [1.165, 1.54) is 29.8 Å². The van der Waals surface area contributed by atoms with Gasteiger partial charge in [0.25, 0.3) is 5.91 Å². The van der Waals surface area contributed by atoms with E-state index in [-0.39, 0.29) is 11.9 Å². The van der Waals surface area contributed by atoms with Crippen LogP contribution in [0.3, 0.4) is 0 Å². The molecule has 0 unspecified atom stereocenters. The fraction of sp³-hybridized carbons (Fsp3) is 0.357. The number of rotatable bonds is 6. The third-order valence-corrected chi connectivity index (χ3v) is 4.58. The maximum atomic E-state index is 12.0. The molecule has 2 rings (SSSR count). The van der Waals surface area contributed by atoms with Gasteiger partial charge in [-0.15, -0.1) is 22.7 Å². The molecule has 0 atom stereocenters. The van der Waals surface area contributed by atoms with Crippen molar-refractivity contribution in [3.05, 3.63) is 33.0 Å².